The lowest BCUT2D eigenvalue weighted by atomic mass is 10.1. The zero-order chi connectivity index (χ0) is 18.8. The van der Waals surface area contributed by atoms with Crippen LogP contribution in [0.5, 0.6) is 0 Å². The summed E-state index contributed by atoms with van der Waals surface area (Å²) in [5.74, 6) is -0.882. The summed E-state index contributed by atoms with van der Waals surface area (Å²) in [5, 5.41) is 14.0. The molecule has 1 N–H and O–H groups in total. The summed E-state index contributed by atoms with van der Waals surface area (Å²) in [5.41, 5.74) is 1.94. The molecule has 9 heteroatoms. The first-order valence-corrected chi connectivity index (χ1v) is 8.26. The highest BCUT2D eigenvalue weighted by Gasteiger charge is 2.15. The highest BCUT2D eigenvalue weighted by atomic mass is 32.1. The average Bonchev–Trinajstić information content (AvgIpc) is 3.04. The van der Waals surface area contributed by atoms with E-state index >= 15 is 0 Å². The summed E-state index contributed by atoms with van der Waals surface area (Å²) >= 11 is 1.16. The lowest BCUT2D eigenvalue weighted by molar-refractivity contribution is -0.384. The molecule has 0 bridgehead atoms. The molecule has 0 fully saturated rings. The Morgan fingerprint density at radius 1 is 1.19 bits per heavy atom. The Hall–Kier alpha value is -3.33. The number of hydrogen-bond donors (Lipinski definition) is 1. The van der Waals surface area contributed by atoms with Gasteiger partial charge in [-0.3, -0.25) is 20.2 Å². The largest absolute Gasteiger partial charge is 0.465 e. The van der Waals surface area contributed by atoms with Gasteiger partial charge in [0, 0.05) is 17.7 Å². The third-order valence-corrected chi connectivity index (χ3v) is 4.59. The van der Waals surface area contributed by atoms with Crippen molar-refractivity contribution < 1.29 is 19.2 Å². The number of nitrogens with one attached hydrogen (secondary N) is 1. The zero-order valence-corrected chi connectivity index (χ0v) is 14.6. The Bertz CT molecular complexity index is 1030. The highest BCUT2D eigenvalue weighted by Crippen LogP contribution is 2.32. The van der Waals surface area contributed by atoms with Crippen LogP contribution in [0.3, 0.4) is 0 Å². The number of fused-ring (bicyclic) bond motifs is 1. The maximum absolute atomic E-state index is 12.3. The van der Waals surface area contributed by atoms with Crippen LogP contribution >= 0.6 is 11.3 Å². The molecule has 3 aromatic rings. The minimum atomic E-state index is -0.486. The normalized spacial score (nSPS) is 10.5. The van der Waals surface area contributed by atoms with Gasteiger partial charge >= 0.3 is 5.97 Å². The Balaban J connectivity index is 1.84. The van der Waals surface area contributed by atoms with E-state index in [4.69, 9.17) is 0 Å². The number of benzene rings is 2. The number of aryl methyl sites for hydroxylation is 1. The van der Waals surface area contributed by atoms with Crippen LogP contribution in [0.2, 0.25) is 0 Å². The summed E-state index contributed by atoms with van der Waals surface area (Å²) in [6.45, 7) is 1.73. The van der Waals surface area contributed by atoms with E-state index in [0.29, 0.717) is 32.0 Å². The highest BCUT2D eigenvalue weighted by molar-refractivity contribution is 7.22. The predicted molar refractivity (Wildman–Crippen MR) is 96.7 cm³/mol. The topological polar surface area (TPSA) is 111 Å². The summed E-state index contributed by atoms with van der Waals surface area (Å²) < 4.78 is 5.23. The lowest BCUT2D eigenvalue weighted by Gasteiger charge is -2.03. The van der Waals surface area contributed by atoms with Crippen molar-refractivity contribution >= 4 is 44.2 Å². The van der Waals surface area contributed by atoms with E-state index in [0.717, 1.165) is 11.3 Å². The molecule has 0 radical (unpaired) electrons. The van der Waals surface area contributed by atoms with Crippen LogP contribution < -0.4 is 5.32 Å². The molecule has 0 saturated carbocycles. The first-order valence-electron chi connectivity index (χ1n) is 7.44. The van der Waals surface area contributed by atoms with Gasteiger partial charge in [-0.25, -0.2) is 9.78 Å². The van der Waals surface area contributed by atoms with E-state index in [1.54, 1.807) is 6.92 Å². The second-order valence-corrected chi connectivity index (χ2v) is 6.44. The number of hydrogen-bond acceptors (Lipinski definition) is 7. The minimum absolute atomic E-state index is 0.0186. The Morgan fingerprint density at radius 3 is 2.46 bits per heavy atom. The molecule has 0 spiro atoms. The van der Waals surface area contributed by atoms with Crippen molar-refractivity contribution in [2.45, 2.75) is 6.92 Å². The lowest BCUT2D eigenvalue weighted by Crippen LogP contribution is -2.12. The van der Waals surface area contributed by atoms with Gasteiger partial charge < -0.3 is 4.74 Å². The van der Waals surface area contributed by atoms with E-state index in [2.05, 4.69) is 15.0 Å². The average molecular weight is 371 g/mol. The van der Waals surface area contributed by atoms with Crippen LogP contribution in [0.1, 0.15) is 26.3 Å². The first kappa shape index (κ1) is 17.5. The molecule has 0 saturated heterocycles. The van der Waals surface area contributed by atoms with E-state index < -0.39 is 16.8 Å². The smallest absolute Gasteiger partial charge is 0.337 e. The third-order valence-electron chi connectivity index (χ3n) is 3.67. The molecular formula is C17H13N3O5S. The van der Waals surface area contributed by atoms with Crippen molar-refractivity contribution in [2.24, 2.45) is 0 Å². The van der Waals surface area contributed by atoms with Crippen molar-refractivity contribution in [3.05, 3.63) is 63.2 Å². The molecule has 0 atom stereocenters. The SMILES string of the molecule is COC(=O)c1ccc(C(=O)Nc2nc3c(C)cc([N+](=O)[O-])cc3s2)cc1. The van der Waals surface area contributed by atoms with Crippen molar-refractivity contribution in [1.82, 2.24) is 4.98 Å². The van der Waals surface area contributed by atoms with Crippen LogP contribution in [0.15, 0.2) is 36.4 Å². The van der Waals surface area contributed by atoms with Crippen molar-refractivity contribution in [3.8, 4) is 0 Å². The van der Waals surface area contributed by atoms with Crippen molar-refractivity contribution in [2.75, 3.05) is 12.4 Å². The molecule has 0 aliphatic rings. The summed E-state index contributed by atoms with van der Waals surface area (Å²) in [7, 11) is 1.28. The number of rotatable bonds is 4. The number of esters is 1. The molecule has 26 heavy (non-hydrogen) atoms. The van der Waals surface area contributed by atoms with E-state index in [9.17, 15) is 19.7 Å². The molecule has 8 nitrogen and oxygen atoms in total. The fourth-order valence-electron chi connectivity index (χ4n) is 2.38. The quantitative estimate of drug-likeness (QED) is 0.426. The zero-order valence-electron chi connectivity index (χ0n) is 13.8. The van der Waals surface area contributed by atoms with E-state index in [1.165, 1.54) is 43.5 Å². The van der Waals surface area contributed by atoms with Gasteiger partial charge in [0.05, 0.1) is 27.8 Å². The van der Waals surface area contributed by atoms with E-state index in [-0.39, 0.29) is 5.69 Å². The van der Waals surface area contributed by atoms with Gasteiger partial charge in [0.15, 0.2) is 5.13 Å². The fourth-order valence-corrected chi connectivity index (χ4v) is 3.35. The molecule has 1 heterocycles. The number of nitro benzene ring substituents is 1. The Labute approximate surface area is 151 Å². The number of amides is 1. The van der Waals surface area contributed by atoms with Gasteiger partial charge in [-0.2, -0.15) is 0 Å². The van der Waals surface area contributed by atoms with Crippen LogP contribution in [-0.4, -0.2) is 28.9 Å². The maximum Gasteiger partial charge on any atom is 0.337 e. The number of nitrogens with zero attached hydrogens (tertiary/aromatic N) is 2. The summed E-state index contributed by atoms with van der Waals surface area (Å²) in [4.78, 5) is 38.6. The van der Waals surface area contributed by atoms with Gasteiger partial charge in [-0.15, -0.1) is 0 Å². The fraction of sp³-hybridized carbons (Fsp3) is 0.118. The molecule has 0 aliphatic carbocycles. The Kier molecular flexibility index (Phi) is 4.63. The monoisotopic (exact) mass is 371 g/mol. The number of anilines is 1. The second-order valence-electron chi connectivity index (χ2n) is 5.41. The molecule has 1 aromatic heterocycles. The molecule has 3 rings (SSSR count). The van der Waals surface area contributed by atoms with Gasteiger partial charge in [0.25, 0.3) is 11.6 Å². The Morgan fingerprint density at radius 2 is 1.85 bits per heavy atom. The number of aromatic nitrogens is 1. The molecule has 132 valence electrons. The van der Waals surface area contributed by atoms with Gasteiger partial charge in [-0.05, 0) is 36.8 Å². The number of thiazole rings is 1. The van der Waals surface area contributed by atoms with Crippen LogP contribution in [0, 0.1) is 17.0 Å². The van der Waals surface area contributed by atoms with Crippen LogP contribution in [0.25, 0.3) is 10.2 Å². The second kappa shape index (κ2) is 6.89. The van der Waals surface area contributed by atoms with Gasteiger partial charge in [-0.1, -0.05) is 11.3 Å². The third kappa shape index (κ3) is 3.38. The number of carbonyl (C=O) groups excluding carboxylic acids is 2. The number of nitro groups is 1. The summed E-state index contributed by atoms with van der Waals surface area (Å²) in [6.07, 6.45) is 0. The molecular weight excluding hydrogens is 358 g/mol. The van der Waals surface area contributed by atoms with Crippen molar-refractivity contribution in [1.29, 1.82) is 0 Å². The molecule has 0 unspecified atom stereocenters. The number of ether oxygens (including phenoxy) is 1. The maximum atomic E-state index is 12.3. The van der Waals surface area contributed by atoms with Crippen LogP contribution in [-0.2, 0) is 4.74 Å². The molecule has 1 amide bonds. The van der Waals surface area contributed by atoms with Gasteiger partial charge in [0.2, 0.25) is 0 Å². The molecule has 0 aliphatic heterocycles. The number of carbonyl (C=O) groups is 2. The standard InChI is InChI=1S/C17H13N3O5S/c1-9-7-12(20(23)24)8-13-14(9)18-17(26-13)19-15(21)10-3-5-11(6-4-10)16(22)25-2/h3-8H,1-2H3,(H,18,19,21). The van der Waals surface area contributed by atoms with Crippen LogP contribution in [0.4, 0.5) is 10.8 Å². The van der Waals surface area contributed by atoms with Crippen molar-refractivity contribution in [3.63, 3.8) is 0 Å². The number of methoxy groups -OCH3 is 1. The first-order chi connectivity index (χ1) is 12.4. The minimum Gasteiger partial charge on any atom is -0.465 e. The van der Waals surface area contributed by atoms with Gasteiger partial charge in [0.1, 0.15) is 0 Å². The summed E-state index contributed by atoms with van der Waals surface area (Å²) in [6, 6.07) is 8.87. The van der Waals surface area contributed by atoms with E-state index in [1.807, 2.05) is 0 Å². The predicted octanol–water partition coefficient (Wildman–Crippen LogP) is 3.55. The number of non-ortho nitro benzene ring substituents is 1. The molecule has 2 aromatic carbocycles.